The first kappa shape index (κ1) is 23.0. The number of benzene rings is 3. The van der Waals surface area contributed by atoms with Crippen LogP contribution in [0.4, 0.5) is 4.39 Å². The van der Waals surface area contributed by atoms with Gasteiger partial charge in [-0.25, -0.2) is 9.18 Å². The van der Waals surface area contributed by atoms with E-state index >= 15 is 0 Å². The van der Waals surface area contributed by atoms with Gasteiger partial charge in [-0.15, -0.1) is 0 Å². The quantitative estimate of drug-likeness (QED) is 0.246. The van der Waals surface area contributed by atoms with Gasteiger partial charge in [-0.1, -0.05) is 54.3 Å². The Labute approximate surface area is 210 Å². The number of thiocarbonyl (C=S) groups is 1. The molecule has 0 bridgehead atoms. The van der Waals surface area contributed by atoms with Crippen LogP contribution in [0.5, 0.6) is 0 Å². The first-order valence-corrected chi connectivity index (χ1v) is 12.1. The summed E-state index contributed by atoms with van der Waals surface area (Å²) in [6.45, 7) is 0.399. The average molecular weight is 503 g/mol. The minimum Gasteiger partial charge on any atom is -0.478 e. The number of amides is 1. The van der Waals surface area contributed by atoms with Gasteiger partial charge in [-0.3, -0.25) is 9.69 Å². The molecule has 1 amide bonds. The highest BCUT2D eigenvalue weighted by Crippen LogP contribution is 2.34. The number of carboxylic acids is 1. The van der Waals surface area contributed by atoms with Crippen LogP contribution in [-0.4, -0.2) is 37.7 Å². The lowest BCUT2D eigenvalue weighted by Crippen LogP contribution is -2.30. The largest absolute Gasteiger partial charge is 0.478 e. The molecule has 174 valence electrons. The number of rotatable bonds is 6. The van der Waals surface area contributed by atoms with Crippen LogP contribution in [0.25, 0.3) is 28.1 Å². The van der Waals surface area contributed by atoms with E-state index in [0.717, 1.165) is 27.6 Å². The summed E-state index contributed by atoms with van der Waals surface area (Å²) < 4.78 is 15.2. The molecule has 3 aromatic carbocycles. The average Bonchev–Trinajstić information content (AvgIpc) is 3.40. The molecule has 0 radical (unpaired) electrons. The molecule has 1 saturated heterocycles. The Morgan fingerprint density at radius 3 is 2.69 bits per heavy atom. The molecular weight excluding hydrogens is 483 g/mol. The van der Waals surface area contributed by atoms with Gasteiger partial charge in [0.15, 0.2) is 0 Å². The Hall–Kier alpha value is -3.75. The maximum atomic E-state index is 14.7. The summed E-state index contributed by atoms with van der Waals surface area (Å²) in [6, 6.07) is 19.2. The lowest BCUT2D eigenvalue weighted by atomic mass is 10.0. The number of aromatic amines is 1. The first-order chi connectivity index (χ1) is 16.9. The molecule has 8 heteroatoms. The maximum Gasteiger partial charge on any atom is 0.335 e. The molecular formula is C27H19FN2O3S2. The number of nitrogens with zero attached hydrogens (tertiary/aromatic N) is 1. The van der Waals surface area contributed by atoms with Crippen molar-refractivity contribution in [3.05, 3.63) is 100 Å². The van der Waals surface area contributed by atoms with Crippen molar-refractivity contribution in [1.29, 1.82) is 0 Å². The van der Waals surface area contributed by atoms with Crippen LogP contribution in [0.3, 0.4) is 0 Å². The van der Waals surface area contributed by atoms with Gasteiger partial charge in [-0.05, 0) is 65.6 Å². The maximum absolute atomic E-state index is 14.7. The third kappa shape index (κ3) is 4.76. The molecule has 0 aliphatic carbocycles. The molecule has 2 N–H and O–H groups in total. The molecule has 5 rings (SSSR count). The second-order valence-electron chi connectivity index (χ2n) is 8.11. The summed E-state index contributed by atoms with van der Waals surface area (Å²) in [5.74, 6) is -1.47. The van der Waals surface area contributed by atoms with Gasteiger partial charge < -0.3 is 10.1 Å². The number of hydrogen-bond donors (Lipinski definition) is 2. The van der Waals surface area contributed by atoms with Crippen molar-refractivity contribution >= 4 is 57.2 Å². The molecule has 35 heavy (non-hydrogen) atoms. The summed E-state index contributed by atoms with van der Waals surface area (Å²) in [5, 5.41) is 9.95. The zero-order valence-corrected chi connectivity index (χ0v) is 20.0. The van der Waals surface area contributed by atoms with E-state index in [0.29, 0.717) is 27.8 Å². The molecule has 2 heterocycles. The number of fused-ring (bicyclic) bond motifs is 1. The number of carbonyl (C=O) groups is 2. The first-order valence-electron chi connectivity index (χ1n) is 10.8. The van der Waals surface area contributed by atoms with Crippen molar-refractivity contribution in [2.75, 3.05) is 6.54 Å². The minimum absolute atomic E-state index is 0.174. The summed E-state index contributed by atoms with van der Waals surface area (Å²) in [4.78, 5) is 29.1. The highest BCUT2D eigenvalue weighted by atomic mass is 32.2. The van der Waals surface area contributed by atoms with Gasteiger partial charge >= 0.3 is 5.97 Å². The van der Waals surface area contributed by atoms with Crippen molar-refractivity contribution in [3.8, 4) is 11.1 Å². The Kier molecular flexibility index (Phi) is 6.23. The van der Waals surface area contributed by atoms with Gasteiger partial charge in [-0.2, -0.15) is 0 Å². The van der Waals surface area contributed by atoms with Crippen molar-refractivity contribution in [2.24, 2.45) is 0 Å². The van der Waals surface area contributed by atoms with Gasteiger partial charge in [0.2, 0.25) is 0 Å². The zero-order chi connectivity index (χ0) is 24.5. The van der Waals surface area contributed by atoms with Crippen LogP contribution in [0, 0.1) is 5.82 Å². The van der Waals surface area contributed by atoms with E-state index in [-0.39, 0.29) is 17.3 Å². The number of nitrogens with one attached hydrogen (secondary N) is 1. The fraction of sp³-hybridized carbons (Fsp3) is 0.0741. The van der Waals surface area contributed by atoms with Crippen molar-refractivity contribution in [3.63, 3.8) is 0 Å². The Bertz CT molecular complexity index is 1510. The van der Waals surface area contributed by atoms with Gasteiger partial charge in [0.25, 0.3) is 5.91 Å². The third-order valence-corrected chi connectivity index (χ3v) is 7.21. The number of H-pyrrole nitrogens is 1. The van der Waals surface area contributed by atoms with E-state index in [1.807, 2.05) is 36.4 Å². The summed E-state index contributed by atoms with van der Waals surface area (Å²) >= 11 is 6.67. The van der Waals surface area contributed by atoms with Crippen molar-refractivity contribution in [2.45, 2.75) is 6.42 Å². The number of carboxylic acid groups (broad SMARTS) is 1. The molecule has 5 nitrogen and oxygen atoms in total. The predicted molar refractivity (Wildman–Crippen MR) is 141 cm³/mol. The fourth-order valence-electron chi connectivity index (χ4n) is 3.99. The summed E-state index contributed by atoms with van der Waals surface area (Å²) in [5.41, 5.74) is 3.87. The second-order valence-corrected chi connectivity index (χ2v) is 9.78. The Morgan fingerprint density at radius 2 is 1.91 bits per heavy atom. The van der Waals surface area contributed by atoms with Crippen molar-refractivity contribution in [1.82, 2.24) is 9.88 Å². The number of aromatic nitrogens is 1. The monoisotopic (exact) mass is 502 g/mol. The lowest BCUT2D eigenvalue weighted by Gasteiger charge is -2.14. The highest BCUT2D eigenvalue weighted by molar-refractivity contribution is 8.26. The molecule has 1 fully saturated rings. The van der Waals surface area contributed by atoms with Crippen LogP contribution in [0.1, 0.15) is 21.5 Å². The van der Waals surface area contributed by atoms with Crippen LogP contribution in [-0.2, 0) is 11.2 Å². The van der Waals surface area contributed by atoms with Gasteiger partial charge in [0.1, 0.15) is 10.1 Å². The number of aromatic carboxylic acids is 1. The Balaban J connectivity index is 1.33. The molecule has 1 aromatic heterocycles. The zero-order valence-electron chi connectivity index (χ0n) is 18.3. The topological polar surface area (TPSA) is 73.4 Å². The standard InChI is InChI=1S/C27H19FN2O3S2/c28-22-15-23-20(8-10-29-23)14-21(22)19-3-1-2-17(12-19)13-24-25(31)30(27(34)35-24)11-9-16-4-6-18(7-5-16)26(32)33/h1-8,10,12-15,29H,9,11H2,(H,32,33)/b24-13-. The van der Waals surface area contributed by atoms with E-state index in [4.69, 9.17) is 17.3 Å². The third-order valence-electron chi connectivity index (χ3n) is 5.83. The molecule has 4 aromatic rings. The molecule has 1 aliphatic rings. The van der Waals surface area contributed by atoms with Crippen LogP contribution in [0.15, 0.2) is 77.8 Å². The minimum atomic E-state index is -0.976. The lowest BCUT2D eigenvalue weighted by molar-refractivity contribution is -0.122. The van der Waals surface area contributed by atoms with E-state index in [1.54, 1.807) is 41.4 Å². The predicted octanol–water partition coefficient (Wildman–Crippen LogP) is 6.12. The number of hydrogen-bond acceptors (Lipinski definition) is 4. The Morgan fingerprint density at radius 1 is 1.11 bits per heavy atom. The van der Waals surface area contributed by atoms with E-state index in [9.17, 15) is 14.0 Å². The number of halogens is 1. The second kappa shape index (κ2) is 9.48. The van der Waals surface area contributed by atoms with E-state index < -0.39 is 5.97 Å². The van der Waals surface area contributed by atoms with Crippen LogP contribution >= 0.6 is 24.0 Å². The normalized spacial score (nSPS) is 14.9. The van der Waals surface area contributed by atoms with E-state index in [1.165, 1.54) is 17.8 Å². The van der Waals surface area contributed by atoms with Gasteiger partial charge in [0.05, 0.1) is 10.5 Å². The summed E-state index contributed by atoms with van der Waals surface area (Å²) in [6.07, 6.45) is 4.10. The van der Waals surface area contributed by atoms with Gasteiger partial charge in [0, 0.05) is 29.2 Å². The fourth-order valence-corrected chi connectivity index (χ4v) is 5.30. The molecule has 1 aliphatic heterocycles. The van der Waals surface area contributed by atoms with Crippen LogP contribution < -0.4 is 0 Å². The number of carbonyl (C=O) groups excluding carboxylic acids is 1. The highest BCUT2D eigenvalue weighted by Gasteiger charge is 2.31. The molecule has 0 saturated carbocycles. The smallest absolute Gasteiger partial charge is 0.335 e. The van der Waals surface area contributed by atoms with E-state index in [2.05, 4.69) is 4.98 Å². The summed E-state index contributed by atoms with van der Waals surface area (Å²) in [7, 11) is 0. The van der Waals surface area contributed by atoms with Crippen molar-refractivity contribution < 1.29 is 19.1 Å². The molecule has 0 spiro atoms. The molecule has 0 atom stereocenters. The number of thioether (sulfide) groups is 1. The molecule has 0 unspecified atom stereocenters. The van der Waals surface area contributed by atoms with Crippen LogP contribution in [0.2, 0.25) is 0 Å². The SMILES string of the molecule is O=C(O)c1ccc(CCN2C(=O)/C(=C/c3cccc(-c4cc5cc[nH]c5cc4F)c3)SC2=S)cc1.